The number of nitrogens with two attached hydrogens (primary N) is 1. The van der Waals surface area contributed by atoms with Crippen LogP contribution >= 0.6 is 24.0 Å². The molecule has 3 N–H and O–H groups in total. The Hall–Kier alpha value is -1.65. The molecule has 0 saturated carbocycles. The molecule has 0 atom stereocenters. The highest BCUT2D eigenvalue weighted by atomic mass is 127. The topological polar surface area (TPSA) is 80.7 Å². The van der Waals surface area contributed by atoms with E-state index in [4.69, 9.17) is 10.5 Å². The number of aryl methyl sites for hydroxylation is 1. The number of aromatic nitrogens is 2. The first-order chi connectivity index (χ1) is 12.7. The van der Waals surface area contributed by atoms with Gasteiger partial charge in [-0.3, -0.25) is 9.58 Å². The van der Waals surface area contributed by atoms with Crippen LogP contribution < -0.4 is 11.1 Å². The van der Waals surface area contributed by atoms with Crippen molar-refractivity contribution in [2.24, 2.45) is 17.8 Å². The Kier molecular flexibility index (Phi) is 9.02. The zero-order chi connectivity index (χ0) is 18.2. The highest BCUT2D eigenvalue weighted by molar-refractivity contribution is 14.0. The van der Waals surface area contributed by atoms with E-state index in [1.165, 1.54) is 0 Å². The van der Waals surface area contributed by atoms with Gasteiger partial charge in [0.1, 0.15) is 0 Å². The number of ether oxygens (including phenoxy) is 1. The maximum atomic E-state index is 6.01. The summed E-state index contributed by atoms with van der Waals surface area (Å²) in [4.78, 5) is 6.89. The molecule has 0 bridgehead atoms. The van der Waals surface area contributed by atoms with E-state index in [-0.39, 0.29) is 24.0 Å². The Morgan fingerprint density at radius 2 is 2.00 bits per heavy atom. The maximum Gasteiger partial charge on any atom is 0.188 e. The Morgan fingerprint density at radius 1 is 1.26 bits per heavy atom. The van der Waals surface area contributed by atoms with Crippen LogP contribution in [0.25, 0.3) is 11.3 Å². The molecule has 1 saturated heterocycles. The number of benzene rings is 1. The van der Waals surface area contributed by atoms with Crippen molar-refractivity contribution in [1.82, 2.24) is 20.0 Å². The number of morpholine rings is 1. The van der Waals surface area contributed by atoms with Gasteiger partial charge >= 0.3 is 0 Å². The van der Waals surface area contributed by atoms with Gasteiger partial charge in [-0.1, -0.05) is 30.3 Å². The molecule has 1 aromatic heterocycles. The molecule has 0 amide bonds. The summed E-state index contributed by atoms with van der Waals surface area (Å²) in [5.74, 6) is 0.481. The number of nitrogens with one attached hydrogen (secondary N) is 1. The Morgan fingerprint density at radius 3 is 2.74 bits per heavy atom. The van der Waals surface area contributed by atoms with Gasteiger partial charge in [-0.15, -0.1) is 24.0 Å². The SMILES string of the molecule is Cn1cc(CN=C(N)NCCCN2CCOCC2)c(-c2ccccc2)n1.I. The van der Waals surface area contributed by atoms with Gasteiger partial charge in [0.05, 0.1) is 25.5 Å². The van der Waals surface area contributed by atoms with Crippen LogP contribution in [0.2, 0.25) is 0 Å². The van der Waals surface area contributed by atoms with Crippen LogP contribution in [-0.2, 0) is 18.3 Å². The smallest absolute Gasteiger partial charge is 0.188 e. The molecule has 27 heavy (non-hydrogen) atoms. The molecule has 1 aliphatic heterocycles. The molecule has 148 valence electrons. The van der Waals surface area contributed by atoms with Gasteiger partial charge in [-0.25, -0.2) is 4.99 Å². The molecule has 0 spiro atoms. The van der Waals surface area contributed by atoms with Gasteiger partial charge in [0.25, 0.3) is 0 Å². The molecule has 3 rings (SSSR count). The van der Waals surface area contributed by atoms with Crippen molar-refractivity contribution in [2.45, 2.75) is 13.0 Å². The zero-order valence-electron chi connectivity index (χ0n) is 15.8. The molecular formula is C19H29IN6O. The van der Waals surface area contributed by atoms with Crippen LogP contribution in [0.3, 0.4) is 0 Å². The standard InChI is InChI=1S/C19H28N6O.HI/c1-24-15-17(18(23-24)16-6-3-2-4-7-16)14-22-19(20)21-8-5-9-25-10-12-26-13-11-25;/h2-4,6-7,15H,5,8-14H2,1H3,(H3,20,21,22);1H. The average Bonchev–Trinajstić information content (AvgIpc) is 3.06. The molecule has 8 heteroatoms. The molecule has 1 aliphatic rings. The minimum absolute atomic E-state index is 0. The Labute approximate surface area is 178 Å². The summed E-state index contributed by atoms with van der Waals surface area (Å²) >= 11 is 0. The van der Waals surface area contributed by atoms with Gasteiger partial charge in [-0.05, 0) is 13.0 Å². The van der Waals surface area contributed by atoms with Gasteiger partial charge < -0.3 is 15.8 Å². The van der Waals surface area contributed by atoms with Crippen LogP contribution in [0.5, 0.6) is 0 Å². The summed E-state index contributed by atoms with van der Waals surface area (Å²) in [5, 5.41) is 7.76. The zero-order valence-corrected chi connectivity index (χ0v) is 18.1. The fourth-order valence-electron chi connectivity index (χ4n) is 3.06. The van der Waals surface area contributed by atoms with Crippen molar-refractivity contribution in [2.75, 3.05) is 39.4 Å². The highest BCUT2D eigenvalue weighted by Crippen LogP contribution is 2.22. The first-order valence-electron chi connectivity index (χ1n) is 9.14. The monoisotopic (exact) mass is 484 g/mol. The van der Waals surface area contributed by atoms with E-state index in [0.717, 1.165) is 62.6 Å². The molecule has 0 aliphatic carbocycles. The first-order valence-corrected chi connectivity index (χ1v) is 9.14. The average molecular weight is 484 g/mol. The van der Waals surface area contributed by atoms with E-state index < -0.39 is 0 Å². The normalized spacial score (nSPS) is 15.4. The lowest BCUT2D eigenvalue weighted by Gasteiger charge is -2.26. The molecule has 1 fully saturated rings. The summed E-state index contributed by atoms with van der Waals surface area (Å²) in [7, 11) is 1.92. The number of guanidine groups is 1. The lowest BCUT2D eigenvalue weighted by Crippen LogP contribution is -2.39. The largest absolute Gasteiger partial charge is 0.379 e. The second-order valence-corrected chi connectivity index (χ2v) is 6.48. The van der Waals surface area contributed by atoms with Crippen LogP contribution in [0.15, 0.2) is 41.5 Å². The minimum Gasteiger partial charge on any atom is -0.379 e. The van der Waals surface area contributed by atoms with Crippen molar-refractivity contribution in [3.8, 4) is 11.3 Å². The third kappa shape index (κ3) is 6.78. The molecule has 1 aromatic carbocycles. The number of halogens is 1. The van der Waals surface area contributed by atoms with Crippen molar-refractivity contribution >= 4 is 29.9 Å². The van der Waals surface area contributed by atoms with Crippen molar-refractivity contribution < 1.29 is 4.74 Å². The summed E-state index contributed by atoms with van der Waals surface area (Å²) in [5.41, 5.74) is 9.13. The summed E-state index contributed by atoms with van der Waals surface area (Å²) in [6.07, 6.45) is 3.04. The van der Waals surface area contributed by atoms with Gasteiger partial charge in [0, 0.05) is 44.0 Å². The van der Waals surface area contributed by atoms with Crippen LogP contribution in [0.1, 0.15) is 12.0 Å². The lowest BCUT2D eigenvalue weighted by atomic mass is 10.1. The number of aliphatic imine (C=N–C) groups is 1. The second kappa shape index (κ2) is 11.3. The Bertz CT molecular complexity index is 712. The van der Waals surface area contributed by atoms with Gasteiger partial charge in [0.2, 0.25) is 0 Å². The van der Waals surface area contributed by atoms with Gasteiger partial charge in [-0.2, -0.15) is 5.10 Å². The number of hydrogen-bond acceptors (Lipinski definition) is 4. The van der Waals surface area contributed by atoms with E-state index in [2.05, 4.69) is 32.4 Å². The van der Waals surface area contributed by atoms with Crippen LogP contribution in [-0.4, -0.2) is 60.0 Å². The summed E-state index contributed by atoms with van der Waals surface area (Å²) in [6.45, 7) is 6.12. The van der Waals surface area contributed by atoms with E-state index in [1.807, 2.05) is 36.1 Å². The van der Waals surface area contributed by atoms with Crippen LogP contribution in [0.4, 0.5) is 0 Å². The predicted molar refractivity (Wildman–Crippen MR) is 119 cm³/mol. The summed E-state index contributed by atoms with van der Waals surface area (Å²) < 4.78 is 7.18. The van der Waals surface area contributed by atoms with E-state index in [1.54, 1.807) is 0 Å². The molecule has 0 unspecified atom stereocenters. The third-order valence-electron chi connectivity index (χ3n) is 4.43. The van der Waals surface area contributed by atoms with E-state index >= 15 is 0 Å². The number of nitrogens with zero attached hydrogens (tertiary/aromatic N) is 4. The van der Waals surface area contributed by atoms with E-state index in [0.29, 0.717) is 12.5 Å². The van der Waals surface area contributed by atoms with Crippen LogP contribution in [0, 0.1) is 0 Å². The lowest BCUT2D eigenvalue weighted by molar-refractivity contribution is 0.0376. The fraction of sp³-hybridized carbons (Fsp3) is 0.474. The first kappa shape index (κ1) is 21.6. The third-order valence-corrected chi connectivity index (χ3v) is 4.43. The highest BCUT2D eigenvalue weighted by Gasteiger charge is 2.10. The van der Waals surface area contributed by atoms with Crippen molar-refractivity contribution in [3.05, 3.63) is 42.1 Å². The second-order valence-electron chi connectivity index (χ2n) is 6.48. The molecule has 0 radical (unpaired) electrons. The Balaban J connectivity index is 0.00000261. The summed E-state index contributed by atoms with van der Waals surface area (Å²) in [6, 6.07) is 10.2. The minimum atomic E-state index is 0. The molecule has 2 aromatic rings. The van der Waals surface area contributed by atoms with Gasteiger partial charge in [0.15, 0.2) is 5.96 Å². The maximum absolute atomic E-state index is 6.01. The molecule has 2 heterocycles. The predicted octanol–water partition coefficient (Wildman–Crippen LogP) is 1.83. The van der Waals surface area contributed by atoms with Crippen molar-refractivity contribution in [3.63, 3.8) is 0 Å². The number of rotatable bonds is 7. The quantitative estimate of drug-likeness (QED) is 0.271. The molecular weight excluding hydrogens is 455 g/mol. The van der Waals surface area contributed by atoms with E-state index in [9.17, 15) is 0 Å². The van der Waals surface area contributed by atoms with Crippen molar-refractivity contribution in [1.29, 1.82) is 0 Å². The fourth-order valence-corrected chi connectivity index (χ4v) is 3.06. The molecule has 7 nitrogen and oxygen atoms in total. The number of hydrogen-bond donors (Lipinski definition) is 2.